The molecule has 0 aromatic heterocycles. The van der Waals surface area contributed by atoms with Gasteiger partial charge in [-0.2, -0.15) is 0 Å². The van der Waals surface area contributed by atoms with Crippen LogP contribution in [0.25, 0.3) is 0 Å². The van der Waals surface area contributed by atoms with Gasteiger partial charge in [-0.1, -0.05) is 18.2 Å². The molecule has 0 aliphatic heterocycles. The molecule has 0 unspecified atom stereocenters. The quantitative estimate of drug-likeness (QED) is 0.405. The summed E-state index contributed by atoms with van der Waals surface area (Å²) in [6.45, 7) is 13.7. The predicted octanol–water partition coefficient (Wildman–Crippen LogP) is 0.598. The summed E-state index contributed by atoms with van der Waals surface area (Å²) in [6.07, 6.45) is 3.36. The molecule has 0 rings (SSSR count). The van der Waals surface area contributed by atoms with Gasteiger partial charge in [0.2, 0.25) is 0 Å². The van der Waals surface area contributed by atoms with Crippen molar-refractivity contribution in [2.75, 3.05) is 19.6 Å². The highest BCUT2D eigenvalue weighted by Gasteiger charge is 2.40. The molecule has 8 nitrogen and oxygen atoms in total. The smallest absolute Gasteiger partial charge is 0.336 e. The Kier molecular flexibility index (Phi) is 12.0. The van der Waals surface area contributed by atoms with Crippen molar-refractivity contribution in [2.24, 2.45) is 0 Å². The van der Waals surface area contributed by atoms with E-state index in [9.17, 15) is 14.4 Å². The molecule has 0 aromatic carbocycles. The van der Waals surface area contributed by atoms with Crippen molar-refractivity contribution in [1.29, 1.82) is 0 Å². The van der Waals surface area contributed by atoms with Gasteiger partial charge in [0.1, 0.15) is 0 Å². The Labute approximate surface area is 134 Å². The Hall–Kier alpha value is -2.45. The molecular weight excluding hydrogens is 306 g/mol. The third-order valence-electron chi connectivity index (χ3n) is 2.45. The monoisotopic (exact) mass is 329 g/mol. The van der Waals surface area contributed by atoms with Crippen LogP contribution in [-0.2, 0) is 14.4 Å². The minimum absolute atomic E-state index is 0.901. The Bertz CT molecular complexity index is 405. The molecule has 0 atom stereocenters. The van der Waals surface area contributed by atoms with Gasteiger partial charge in [-0.05, 0) is 0 Å². The van der Waals surface area contributed by atoms with Crippen molar-refractivity contribution >= 4 is 17.9 Å². The molecular formula is C15H23NO7. The average Bonchev–Trinajstić information content (AvgIpc) is 2.38. The molecule has 0 aromatic rings. The van der Waals surface area contributed by atoms with Gasteiger partial charge in [0.25, 0.3) is 0 Å². The summed E-state index contributed by atoms with van der Waals surface area (Å²) in [5.41, 5.74) is -2.74. The van der Waals surface area contributed by atoms with E-state index in [1.54, 1.807) is 0 Å². The van der Waals surface area contributed by atoms with Gasteiger partial charge in [-0.15, -0.1) is 19.7 Å². The maximum absolute atomic E-state index is 10.3. The summed E-state index contributed by atoms with van der Waals surface area (Å²) in [4.78, 5) is 32.7. The van der Waals surface area contributed by atoms with Crippen molar-refractivity contribution < 1.29 is 34.8 Å². The fraction of sp³-hybridized carbons (Fsp3) is 0.400. The van der Waals surface area contributed by atoms with Gasteiger partial charge in [0.05, 0.1) is 12.8 Å². The largest absolute Gasteiger partial charge is 0.481 e. The number of rotatable bonds is 11. The lowest BCUT2D eigenvalue weighted by molar-refractivity contribution is -0.170. The molecule has 0 spiro atoms. The fourth-order valence-electron chi connectivity index (χ4n) is 1.49. The van der Waals surface area contributed by atoms with Crippen molar-refractivity contribution in [2.45, 2.75) is 18.4 Å². The molecule has 0 radical (unpaired) electrons. The summed E-state index contributed by atoms with van der Waals surface area (Å²) < 4.78 is 0. The van der Waals surface area contributed by atoms with Crippen LogP contribution in [0, 0.1) is 0 Å². The van der Waals surface area contributed by atoms with E-state index >= 15 is 0 Å². The number of carboxylic acids is 3. The third-order valence-corrected chi connectivity index (χ3v) is 2.45. The SMILES string of the molecule is C=CCN(CC=C)CC=C.O=C(O)CC(O)(CC(=O)O)C(=O)O. The van der Waals surface area contributed by atoms with Gasteiger partial charge in [0, 0.05) is 19.6 Å². The van der Waals surface area contributed by atoms with Crippen LogP contribution in [0.1, 0.15) is 12.8 Å². The minimum Gasteiger partial charge on any atom is -0.481 e. The molecule has 8 heteroatoms. The van der Waals surface area contributed by atoms with Crippen LogP contribution in [0.4, 0.5) is 0 Å². The van der Waals surface area contributed by atoms with Gasteiger partial charge >= 0.3 is 17.9 Å². The summed E-state index contributed by atoms with van der Waals surface area (Å²) in [6, 6.07) is 0. The van der Waals surface area contributed by atoms with Crippen molar-refractivity contribution in [3.63, 3.8) is 0 Å². The number of hydrogen-bond donors (Lipinski definition) is 4. The Morgan fingerprint density at radius 1 is 0.826 bits per heavy atom. The number of aliphatic carboxylic acids is 3. The first-order valence-electron chi connectivity index (χ1n) is 6.57. The minimum atomic E-state index is -2.74. The summed E-state index contributed by atoms with van der Waals surface area (Å²) >= 11 is 0. The van der Waals surface area contributed by atoms with E-state index < -0.39 is 36.4 Å². The first-order valence-corrected chi connectivity index (χ1v) is 6.57. The highest BCUT2D eigenvalue weighted by Crippen LogP contribution is 2.15. The second-order valence-corrected chi connectivity index (χ2v) is 4.56. The molecule has 23 heavy (non-hydrogen) atoms. The maximum atomic E-state index is 10.3. The van der Waals surface area contributed by atoms with Gasteiger partial charge in [-0.3, -0.25) is 14.5 Å². The molecule has 0 saturated heterocycles. The first-order chi connectivity index (χ1) is 10.6. The highest BCUT2D eigenvalue weighted by molar-refractivity contribution is 5.88. The number of hydrogen-bond acceptors (Lipinski definition) is 5. The standard InChI is InChI=1S/C9H15N.C6H8O7/c1-4-7-10(8-5-2)9-6-3;7-3(8)1-6(13,5(11)12)2-4(9)10/h4-6H,1-3,7-9H2;13H,1-2H2,(H,7,8)(H,9,10)(H,11,12). The molecule has 0 aliphatic carbocycles. The molecule has 0 amide bonds. The zero-order valence-electron chi connectivity index (χ0n) is 12.8. The Balaban J connectivity index is 0. The molecule has 130 valence electrons. The van der Waals surface area contributed by atoms with Crippen molar-refractivity contribution in [1.82, 2.24) is 4.90 Å². The number of nitrogens with zero attached hydrogens (tertiary/aromatic N) is 1. The van der Waals surface area contributed by atoms with Gasteiger partial charge in [-0.25, -0.2) is 4.79 Å². The average molecular weight is 329 g/mol. The summed E-state index contributed by atoms with van der Waals surface area (Å²) in [5, 5.41) is 33.8. The second kappa shape index (κ2) is 12.1. The normalized spacial score (nSPS) is 10.2. The fourth-order valence-corrected chi connectivity index (χ4v) is 1.49. The van der Waals surface area contributed by atoms with Crippen molar-refractivity contribution in [3.8, 4) is 0 Å². The zero-order chi connectivity index (χ0) is 18.5. The molecule has 0 aliphatic rings. The highest BCUT2D eigenvalue weighted by atomic mass is 16.4. The zero-order valence-corrected chi connectivity index (χ0v) is 12.8. The molecule has 0 bridgehead atoms. The second-order valence-electron chi connectivity index (χ2n) is 4.56. The first kappa shape index (κ1) is 22.8. The molecule has 4 N–H and O–H groups in total. The Morgan fingerprint density at radius 2 is 1.13 bits per heavy atom. The van der Waals surface area contributed by atoms with Crippen LogP contribution in [-0.4, -0.2) is 68.5 Å². The van der Waals surface area contributed by atoms with E-state index in [-0.39, 0.29) is 0 Å². The number of carbonyl (C=O) groups is 3. The number of carboxylic acid groups (broad SMARTS) is 3. The molecule has 0 heterocycles. The molecule has 0 fully saturated rings. The van der Waals surface area contributed by atoms with Crippen molar-refractivity contribution in [3.05, 3.63) is 38.0 Å². The number of aliphatic hydroxyl groups is 1. The van der Waals surface area contributed by atoms with Crippen LogP contribution in [0.5, 0.6) is 0 Å². The summed E-state index contributed by atoms with van der Waals surface area (Å²) in [7, 11) is 0. The van der Waals surface area contributed by atoms with Gasteiger partial charge in [0.15, 0.2) is 5.60 Å². The van der Waals surface area contributed by atoms with Crippen LogP contribution >= 0.6 is 0 Å². The third kappa shape index (κ3) is 11.8. The lowest BCUT2D eigenvalue weighted by Gasteiger charge is -2.18. The van der Waals surface area contributed by atoms with Crippen LogP contribution in [0.3, 0.4) is 0 Å². The van der Waals surface area contributed by atoms with Crippen LogP contribution in [0.15, 0.2) is 38.0 Å². The van der Waals surface area contributed by atoms with Gasteiger partial charge < -0.3 is 20.4 Å². The maximum Gasteiger partial charge on any atom is 0.336 e. The van der Waals surface area contributed by atoms with E-state index in [2.05, 4.69) is 24.6 Å². The van der Waals surface area contributed by atoms with E-state index in [1.165, 1.54) is 0 Å². The van der Waals surface area contributed by atoms with Crippen LogP contribution in [0.2, 0.25) is 0 Å². The lowest BCUT2D eigenvalue weighted by atomic mass is 9.96. The van der Waals surface area contributed by atoms with E-state index in [1.807, 2.05) is 18.2 Å². The topological polar surface area (TPSA) is 135 Å². The Morgan fingerprint density at radius 3 is 1.30 bits per heavy atom. The lowest BCUT2D eigenvalue weighted by Crippen LogP contribution is -2.42. The van der Waals surface area contributed by atoms with Crippen LogP contribution < -0.4 is 0 Å². The summed E-state index contributed by atoms with van der Waals surface area (Å²) in [5.74, 6) is -5.02. The predicted molar refractivity (Wildman–Crippen MR) is 84.1 cm³/mol. The molecule has 0 saturated carbocycles. The van der Waals surface area contributed by atoms with E-state index in [0.717, 1.165) is 19.6 Å². The van der Waals surface area contributed by atoms with E-state index in [4.69, 9.17) is 20.4 Å². The van der Waals surface area contributed by atoms with E-state index in [0.29, 0.717) is 0 Å².